The van der Waals surface area contributed by atoms with Crippen molar-refractivity contribution in [3.63, 3.8) is 0 Å². The third-order valence-electron chi connectivity index (χ3n) is 3.25. The Hall–Kier alpha value is -1.61. The number of aryl methyl sites for hydroxylation is 1. The van der Waals surface area contributed by atoms with Gasteiger partial charge < -0.3 is 9.88 Å². The van der Waals surface area contributed by atoms with Gasteiger partial charge in [-0.05, 0) is 37.6 Å². The number of fused-ring (bicyclic) bond motifs is 1. The van der Waals surface area contributed by atoms with Gasteiger partial charge in [-0.2, -0.15) is 0 Å². The maximum atomic E-state index is 4.76. The van der Waals surface area contributed by atoms with Crippen LogP contribution in [-0.2, 0) is 13.0 Å². The Labute approximate surface area is 115 Å². The molecule has 0 aliphatic heterocycles. The van der Waals surface area contributed by atoms with E-state index in [-0.39, 0.29) is 0 Å². The summed E-state index contributed by atoms with van der Waals surface area (Å²) in [5.74, 6) is 1.14. The highest BCUT2D eigenvalue weighted by Crippen LogP contribution is 2.18. The Morgan fingerprint density at radius 1 is 1.37 bits per heavy atom. The summed E-state index contributed by atoms with van der Waals surface area (Å²) in [6.07, 6.45) is 4.06. The molecule has 3 heteroatoms. The van der Waals surface area contributed by atoms with Gasteiger partial charge in [-0.15, -0.1) is 6.58 Å². The van der Waals surface area contributed by atoms with Gasteiger partial charge in [0.1, 0.15) is 5.82 Å². The van der Waals surface area contributed by atoms with Crippen molar-refractivity contribution in [2.75, 3.05) is 13.1 Å². The van der Waals surface area contributed by atoms with Crippen molar-refractivity contribution in [1.29, 1.82) is 0 Å². The Bertz CT molecular complexity index is 554. The first-order chi connectivity index (χ1) is 9.26. The SMILES string of the molecule is C=CCn1c(CCNCCC)nc2cc(C)ccc21. The van der Waals surface area contributed by atoms with Gasteiger partial charge in [-0.1, -0.05) is 19.1 Å². The molecule has 1 aromatic carbocycles. The number of imidazole rings is 1. The Kier molecular flexibility index (Phi) is 4.74. The van der Waals surface area contributed by atoms with Crippen molar-refractivity contribution in [3.8, 4) is 0 Å². The fraction of sp³-hybridized carbons (Fsp3) is 0.438. The van der Waals surface area contributed by atoms with Gasteiger partial charge in [0, 0.05) is 19.5 Å². The highest BCUT2D eigenvalue weighted by atomic mass is 15.1. The second-order valence-electron chi connectivity index (χ2n) is 4.92. The molecule has 0 spiro atoms. The van der Waals surface area contributed by atoms with Crippen LogP contribution >= 0.6 is 0 Å². The summed E-state index contributed by atoms with van der Waals surface area (Å²) >= 11 is 0. The largest absolute Gasteiger partial charge is 0.324 e. The van der Waals surface area contributed by atoms with Crippen molar-refractivity contribution < 1.29 is 0 Å². The van der Waals surface area contributed by atoms with Crippen molar-refractivity contribution >= 4 is 11.0 Å². The van der Waals surface area contributed by atoms with E-state index in [2.05, 4.69) is 48.5 Å². The molecule has 0 amide bonds. The summed E-state index contributed by atoms with van der Waals surface area (Å²) in [6, 6.07) is 6.45. The zero-order chi connectivity index (χ0) is 13.7. The molecule has 0 saturated heterocycles. The van der Waals surface area contributed by atoms with E-state index in [0.717, 1.165) is 37.4 Å². The topological polar surface area (TPSA) is 29.9 Å². The minimum Gasteiger partial charge on any atom is -0.324 e. The molecule has 1 heterocycles. The van der Waals surface area contributed by atoms with Gasteiger partial charge in [0.2, 0.25) is 0 Å². The van der Waals surface area contributed by atoms with Crippen molar-refractivity contribution in [1.82, 2.24) is 14.9 Å². The van der Waals surface area contributed by atoms with Gasteiger partial charge in [0.25, 0.3) is 0 Å². The molecular weight excluding hydrogens is 234 g/mol. The van der Waals surface area contributed by atoms with Crippen LogP contribution in [0.3, 0.4) is 0 Å². The Balaban J connectivity index is 2.25. The molecule has 1 N–H and O–H groups in total. The number of rotatable bonds is 7. The third kappa shape index (κ3) is 3.24. The average Bonchev–Trinajstić information content (AvgIpc) is 2.73. The molecule has 0 aliphatic rings. The summed E-state index contributed by atoms with van der Waals surface area (Å²) in [5.41, 5.74) is 3.55. The molecule has 3 nitrogen and oxygen atoms in total. The Morgan fingerprint density at radius 2 is 2.21 bits per heavy atom. The molecule has 2 aromatic rings. The second kappa shape index (κ2) is 6.53. The van der Waals surface area contributed by atoms with Crippen LogP contribution in [0.5, 0.6) is 0 Å². The fourth-order valence-electron chi connectivity index (χ4n) is 2.32. The molecule has 102 valence electrons. The lowest BCUT2D eigenvalue weighted by atomic mass is 10.2. The van der Waals surface area contributed by atoms with E-state index < -0.39 is 0 Å². The van der Waals surface area contributed by atoms with E-state index in [1.165, 1.54) is 17.5 Å². The van der Waals surface area contributed by atoms with Crippen LogP contribution < -0.4 is 5.32 Å². The van der Waals surface area contributed by atoms with E-state index in [1.807, 2.05) is 6.08 Å². The first-order valence-corrected chi connectivity index (χ1v) is 7.03. The standard InChI is InChI=1S/C16H23N3/c1-4-9-17-10-8-16-18-14-12-13(3)6-7-15(14)19(16)11-5-2/h5-7,12,17H,2,4,8-11H2,1,3H3. The van der Waals surface area contributed by atoms with Gasteiger partial charge >= 0.3 is 0 Å². The van der Waals surface area contributed by atoms with Crippen LogP contribution in [0.2, 0.25) is 0 Å². The minimum absolute atomic E-state index is 0.822. The van der Waals surface area contributed by atoms with E-state index in [0.29, 0.717) is 0 Å². The minimum atomic E-state index is 0.822. The summed E-state index contributed by atoms with van der Waals surface area (Å²) in [5, 5.41) is 3.43. The smallest absolute Gasteiger partial charge is 0.111 e. The van der Waals surface area contributed by atoms with Crippen LogP contribution in [0, 0.1) is 6.92 Å². The van der Waals surface area contributed by atoms with Crippen LogP contribution in [-0.4, -0.2) is 22.6 Å². The normalized spacial score (nSPS) is 11.1. The molecule has 0 aliphatic carbocycles. The quantitative estimate of drug-likeness (QED) is 0.610. The maximum Gasteiger partial charge on any atom is 0.111 e. The maximum absolute atomic E-state index is 4.76. The molecule has 2 rings (SSSR count). The number of allylic oxidation sites excluding steroid dienone is 1. The van der Waals surface area contributed by atoms with Crippen molar-refractivity contribution in [3.05, 3.63) is 42.2 Å². The third-order valence-corrected chi connectivity index (χ3v) is 3.25. The lowest BCUT2D eigenvalue weighted by Gasteiger charge is -2.07. The molecule has 0 atom stereocenters. The lowest BCUT2D eigenvalue weighted by Crippen LogP contribution is -2.19. The van der Waals surface area contributed by atoms with Crippen LogP contribution in [0.4, 0.5) is 0 Å². The van der Waals surface area contributed by atoms with Crippen molar-refractivity contribution in [2.24, 2.45) is 0 Å². The molecule has 0 unspecified atom stereocenters. The van der Waals surface area contributed by atoms with Crippen LogP contribution in [0.15, 0.2) is 30.9 Å². The summed E-state index contributed by atoms with van der Waals surface area (Å²) in [4.78, 5) is 4.76. The summed E-state index contributed by atoms with van der Waals surface area (Å²) in [7, 11) is 0. The molecule has 0 fully saturated rings. The van der Waals surface area contributed by atoms with E-state index in [4.69, 9.17) is 4.98 Å². The van der Waals surface area contributed by atoms with Gasteiger partial charge in [0.05, 0.1) is 11.0 Å². The van der Waals surface area contributed by atoms with Crippen molar-refractivity contribution in [2.45, 2.75) is 33.2 Å². The first kappa shape index (κ1) is 13.8. The van der Waals surface area contributed by atoms with Crippen LogP contribution in [0.25, 0.3) is 11.0 Å². The van der Waals surface area contributed by atoms with E-state index in [9.17, 15) is 0 Å². The van der Waals surface area contributed by atoms with Crippen LogP contribution in [0.1, 0.15) is 24.7 Å². The Morgan fingerprint density at radius 3 is 2.95 bits per heavy atom. The predicted octanol–water partition coefficient (Wildman–Crippen LogP) is 3.07. The van der Waals surface area contributed by atoms with E-state index in [1.54, 1.807) is 0 Å². The number of nitrogens with one attached hydrogen (secondary N) is 1. The zero-order valence-electron chi connectivity index (χ0n) is 11.9. The molecular formula is C16H23N3. The highest BCUT2D eigenvalue weighted by Gasteiger charge is 2.09. The van der Waals surface area contributed by atoms with Gasteiger partial charge in [-0.3, -0.25) is 0 Å². The molecule has 0 bridgehead atoms. The van der Waals surface area contributed by atoms with Gasteiger partial charge in [0.15, 0.2) is 0 Å². The lowest BCUT2D eigenvalue weighted by molar-refractivity contribution is 0.641. The number of hydrogen-bond donors (Lipinski definition) is 1. The number of benzene rings is 1. The molecule has 0 saturated carbocycles. The number of aromatic nitrogens is 2. The second-order valence-corrected chi connectivity index (χ2v) is 4.92. The molecule has 0 radical (unpaired) electrons. The highest BCUT2D eigenvalue weighted by molar-refractivity contribution is 5.77. The average molecular weight is 257 g/mol. The molecule has 19 heavy (non-hydrogen) atoms. The molecule has 1 aromatic heterocycles. The predicted molar refractivity (Wildman–Crippen MR) is 81.5 cm³/mol. The number of nitrogens with zero attached hydrogens (tertiary/aromatic N) is 2. The fourth-order valence-corrected chi connectivity index (χ4v) is 2.32. The summed E-state index contributed by atoms with van der Waals surface area (Å²) < 4.78 is 2.26. The number of hydrogen-bond acceptors (Lipinski definition) is 2. The van der Waals surface area contributed by atoms with Gasteiger partial charge in [-0.25, -0.2) is 4.98 Å². The van der Waals surface area contributed by atoms with E-state index >= 15 is 0 Å². The summed E-state index contributed by atoms with van der Waals surface area (Å²) in [6.45, 7) is 11.0. The zero-order valence-corrected chi connectivity index (χ0v) is 11.9. The first-order valence-electron chi connectivity index (χ1n) is 7.03. The monoisotopic (exact) mass is 257 g/mol.